The number of hydrogen-bond donors (Lipinski definition) is 1. The van der Waals surface area contributed by atoms with E-state index in [0.29, 0.717) is 11.8 Å². The highest BCUT2D eigenvalue weighted by Crippen LogP contribution is 2.23. The van der Waals surface area contributed by atoms with Crippen LogP contribution in [0.3, 0.4) is 0 Å². The standard InChI is InChI=1S/C13H16ClN3O/c1-3-15-7-6-12-16-17-13(18-12)10-4-5-11(14)9(2)8-10/h4-5,8,15H,3,6-7H2,1-2H3. The van der Waals surface area contributed by atoms with Gasteiger partial charge in [-0.3, -0.25) is 0 Å². The van der Waals surface area contributed by atoms with Gasteiger partial charge >= 0.3 is 0 Å². The lowest BCUT2D eigenvalue weighted by atomic mass is 10.1. The summed E-state index contributed by atoms with van der Waals surface area (Å²) < 4.78 is 5.61. The van der Waals surface area contributed by atoms with Gasteiger partial charge in [0.1, 0.15) is 0 Å². The van der Waals surface area contributed by atoms with Crippen molar-refractivity contribution in [2.45, 2.75) is 20.3 Å². The van der Waals surface area contributed by atoms with Gasteiger partial charge in [0.05, 0.1) is 0 Å². The van der Waals surface area contributed by atoms with Crippen LogP contribution >= 0.6 is 11.6 Å². The minimum absolute atomic E-state index is 0.543. The highest BCUT2D eigenvalue weighted by Gasteiger charge is 2.09. The summed E-state index contributed by atoms with van der Waals surface area (Å²) in [4.78, 5) is 0. The number of benzene rings is 1. The van der Waals surface area contributed by atoms with Crippen LogP contribution in [0.4, 0.5) is 0 Å². The summed E-state index contributed by atoms with van der Waals surface area (Å²) in [6, 6.07) is 5.68. The molecule has 1 heterocycles. The molecular formula is C13H16ClN3O. The van der Waals surface area contributed by atoms with Gasteiger partial charge in [-0.15, -0.1) is 10.2 Å². The normalized spacial score (nSPS) is 10.8. The molecule has 0 saturated heterocycles. The molecule has 0 aliphatic carbocycles. The summed E-state index contributed by atoms with van der Waals surface area (Å²) in [6.07, 6.45) is 0.743. The number of aryl methyl sites for hydroxylation is 1. The first-order chi connectivity index (χ1) is 8.70. The minimum Gasteiger partial charge on any atom is -0.421 e. The molecule has 0 radical (unpaired) electrons. The monoisotopic (exact) mass is 265 g/mol. The van der Waals surface area contributed by atoms with Crippen molar-refractivity contribution in [3.05, 3.63) is 34.7 Å². The molecule has 1 N–H and O–H groups in total. The topological polar surface area (TPSA) is 51.0 Å². The quantitative estimate of drug-likeness (QED) is 0.845. The van der Waals surface area contributed by atoms with Crippen LogP contribution in [0, 0.1) is 6.92 Å². The molecule has 0 saturated carbocycles. The van der Waals surface area contributed by atoms with E-state index >= 15 is 0 Å². The Morgan fingerprint density at radius 3 is 2.89 bits per heavy atom. The third-order valence-corrected chi connectivity index (χ3v) is 3.06. The number of hydrogen-bond acceptors (Lipinski definition) is 4. The first kappa shape index (κ1) is 13.1. The molecule has 0 aliphatic heterocycles. The van der Waals surface area contributed by atoms with E-state index in [-0.39, 0.29) is 0 Å². The van der Waals surface area contributed by atoms with Gasteiger partial charge in [0, 0.05) is 23.6 Å². The van der Waals surface area contributed by atoms with Crippen molar-refractivity contribution in [2.24, 2.45) is 0 Å². The van der Waals surface area contributed by atoms with Crippen molar-refractivity contribution in [1.29, 1.82) is 0 Å². The predicted octanol–water partition coefficient (Wildman–Crippen LogP) is 2.85. The Labute approximate surface area is 111 Å². The molecular weight excluding hydrogens is 250 g/mol. The van der Waals surface area contributed by atoms with Crippen molar-refractivity contribution in [2.75, 3.05) is 13.1 Å². The van der Waals surface area contributed by atoms with Crippen molar-refractivity contribution < 1.29 is 4.42 Å². The second kappa shape index (κ2) is 5.98. The maximum Gasteiger partial charge on any atom is 0.247 e. The van der Waals surface area contributed by atoms with Gasteiger partial charge in [-0.2, -0.15) is 0 Å². The number of rotatable bonds is 5. The number of nitrogens with zero attached hydrogens (tertiary/aromatic N) is 2. The summed E-state index contributed by atoms with van der Waals surface area (Å²) in [6.45, 7) is 5.80. The smallest absolute Gasteiger partial charge is 0.247 e. The van der Waals surface area contributed by atoms with E-state index in [1.165, 1.54) is 0 Å². The third-order valence-electron chi connectivity index (χ3n) is 2.64. The molecule has 5 heteroatoms. The fraction of sp³-hybridized carbons (Fsp3) is 0.385. The molecule has 0 unspecified atom stereocenters. The summed E-state index contributed by atoms with van der Waals surface area (Å²) >= 11 is 5.98. The van der Waals surface area contributed by atoms with Crippen LogP contribution in [-0.4, -0.2) is 23.3 Å². The highest BCUT2D eigenvalue weighted by atomic mass is 35.5. The lowest BCUT2D eigenvalue weighted by Crippen LogP contribution is -2.16. The SMILES string of the molecule is CCNCCc1nnc(-c2ccc(Cl)c(C)c2)o1. The average Bonchev–Trinajstić information content (AvgIpc) is 2.82. The lowest BCUT2D eigenvalue weighted by Gasteiger charge is -1.99. The van der Waals surface area contributed by atoms with Gasteiger partial charge in [0.25, 0.3) is 0 Å². The summed E-state index contributed by atoms with van der Waals surface area (Å²) in [7, 11) is 0. The molecule has 0 aliphatic rings. The van der Waals surface area contributed by atoms with Crippen molar-refractivity contribution in [3.8, 4) is 11.5 Å². The zero-order valence-electron chi connectivity index (χ0n) is 10.5. The second-order valence-corrected chi connectivity index (χ2v) is 4.48. The predicted molar refractivity (Wildman–Crippen MR) is 71.7 cm³/mol. The maximum absolute atomic E-state index is 5.98. The van der Waals surface area contributed by atoms with E-state index < -0.39 is 0 Å². The number of nitrogens with one attached hydrogen (secondary N) is 1. The van der Waals surface area contributed by atoms with Crippen LogP contribution in [0.1, 0.15) is 18.4 Å². The first-order valence-electron chi connectivity index (χ1n) is 6.00. The van der Waals surface area contributed by atoms with Gasteiger partial charge < -0.3 is 9.73 Å². The molecule has 2 rings (SSSR count). The molecule has 18 heavy (non-hydrogen) atoms. The minimum atomic E-state index is 0.543. The molecule has 0 amide bonds. The molecule has 1 aromatic carbocycles. The number of aromatic nitrogens is 2. The van der Waals surface area contributed by atoms with Crippen molar-refractivity contribution in [1.82, 2.24) is 15.5 Å². The Balaban J connectivity index is 2.11. The van der Waals surface area contributed by atoms with Crippen LogP contribution in [0.2, 0.25) is 5.02 Å². The van der Waals surface area contributed by atoms with Crippen molar-refractivity contribution >= 4 is 11.6 Å². The van der Waals surface area contributed by atoms with Crippen molar-refractivity contribution in [3.63, 3.8) is 0 Å². The van der Waals surface area contributed by atoms with Gasteiger partial charge in [0.2, 0.25) is 11.8 Å². The molecule has 0 fully saturated rings. The second-order valence-electron chi connectivity index (χ2n) is 4.07. The molecule has 0 atom stereocenters. The molecule has 0 spiro atoms. The van der Waals surface area contributed by atoms with Gasteiger partial charge in [-0.05, 0) is 37.2 Å². The molecule has 1 aromatic heterocycles. The molecule has 0 bridgehead atoms. The fourth-order valence-electron chi connectivity index (χ4n) is 1.62. The van der Waals surface area contributed by atoms with Crippen LogP contribution in [-0.2, 0) is 6.42 Å². The Bertz CT molecular complexity index is 525. The Morgan fingerprint density at radius 2 is 2.17 bits per heavy atom. The van der Waals surface area contributed by atoms with E-state index in [1.807, 2.05) is 25.1 Å². The lowest BCUT2D eigenvalue weighted by molar-refractivity contribution is 0.496. The van der Waals surface area contributed by atoms with E-state index in [9.17, 15) is 0 Å². The van der Waals surface area contributed by atoms with Crippen LogP contribution in [0.5, 0.6) is 0 Å². The molecule has 4 nitrogen and oxygen atoms in total. The fourth-order valence-corrected chi connectivity index (χ4v) is 1.74. The zero-order valence-corrected chi connectivity index (χ0v) is 11.3. The first-order valence-corrected chi connectivity index (χ1v) is 6.38. The third kappa shape index (κ3) is 3.09. The Morgan fingerprint density at radius 1 is 1.33 bits per heavy atom. The summed E-state index contributed by atoms with van der Waals surface area (Å²) in [5.74, 6) is 1.19. The van der Waals surface area contributed by atoms with E-state index in [0.717, 1.165) is 35.7 Å². The molecule has 2 aromatic rings. The summed E-state index contributed by atoms with van der Waals surface area (Å²) in [5, 5.41) is 12.0. The van der Waals surface area contributed by atoms with E-state index in [4.69, 9.17) is 16.0 Å². The zero-order chi connectivity index (χ0) is 13.0. The summed E-state index contributed by atoms with van der Waals surface area (Å²) in [5.41, 5.74) is 1.90. The van der Waals surface area contributed by atoms with Gasteiger partial charge in [-0.1, -0.05) is 18.5 Å². The van der Waals surface area contributed by atoms with Crippen LogP contribution in [0.25, 0.3) is 11.5 Å². The van der Waals surface area contributed by atoms with Gasteiger partial charge in [-0.25, -0.2) is 0 Å². The average molecular weight is 266 g/mol. The number of likely N-dealkylation sites (N-methyl/N-ethyl adjacent to an activating group) is 1. The van der Waals surface area contributed by atoms with Gasteiger partial charge in [0.15, 0.2) is 0 Å². The largest absolute Gasteiger partial charge is 0.421 e. The van der Waals surface area contributed by atoms with E-state index in [2.05, 4.69) is 22.4 Å². The Kier molecular flexibility index (Phi) is 4.33. The highest BCUT2D eigenvalue weighted by molar-refractivity contribution is 6.31. The number of halogens is 1. The molecule has 96 valence electrons. The van der Waals surface area contributed by atoms with E-state index in [1.54, 1.807) is 0 Å². The Hall–Kier alpha value is -1.39. The maximum atomic E-state index is 5.98. The van der Waals surface area contributed by atoms with Crippen LogP contribution in [0.15, 0.2) is 22.6 Å². The van der Waals surface area contributed by atoms with Crippen LogP contribution < -0.4 is 5.32 Å².